The van der Waals surface area contributed by atoms with Crippen LogP contribution >= 0.6 is 21.6 Å². The molecule has 1 fully saturated rings. The lowest BCUT2D eigenvalue weighted by Crippen LogP contribution is -2.01. The SMILES string of the molecule is C=C(C)OC/C=C/c1cccc(COC(=C)CCCCC2CCSS2)c1[N+](=O)[O-]. The summed E-state index contributed by atoms with van der Waals surface area (Å²) < 4.78 is 11.0. The minimum atomic E-state index is -0.363. The lowest BCUT2D eigenvalue weighted by atomic mass is 10.1. The molecule has 158 valence electrons. The Morgan fingerprint density at radius 2 is 2.17 bits per heavy atom. The molecule has 1 aromatic rings. The van der Waals surface area contributed by atoms with Gasteiger partial charge in [0.1, 0.15) is 13.2 Å². The number of unbranched alkanes of at least 4 members (excludes halogenated alkanes) is 1. The molecule has 1 aromatic carbocycles. The average Bonchev–Trinajstić information content (AvgIpc) is 3.20. The average molecular weight is 436 g/mol. The van der Waals surface area contributed by atoms with Crippen LogP contribution in [0.25, 0.3) is 6.08 Å². The zero-order valence-corrected chi connectivity index (χ0v) is 18.6. The number of ether oxygens (including phenoxy) is 2. The summed E-state index contributed by atoms with van der Waals surface area (Å²) in [5, 5.41) is 12.4. The fraction of sp³-hybridized carbons (Fsp3) is 0.455. The van der Waals surface area contributed by atoms with Crippen molar-refractivity contribution >= 4 is 33.4 Å². The number of para-hydroxylation sites is 1. The Kier molecular flexibility index (Phi) is 10.2. The summed E-state index contributed by atoms with van der Waals surface area (Å²) in [6.45, 7) is 9.86. The fourth-order valence-electron chi connectivity index (χ4n) is 2.96. The van der Waals surface area contributed by atoms with Crippen LogP contribution in [0.1, 0.15) is 50.2 Å². The van der Waals surface area contributed by atoms with Gasteiger partial charge in [-0.25, -0.2) is 0 Å². The van der Waals surface area contributed by atoms with Crippen LogP contribution < -0.4 is 0 Å². The molecular formula is C22H29NO4S2. The second kappa shape index (κ2) is 12.6. The predicted octanol–water partition coefficient (Wildman–Crippen LogP) is 6.90. The van der Waals surface area contributed by atoms with E-state index in [2.05, 4.69) is 13.2 Å². The lowest BCUT2D eigenvalue weighted by molar-refractivity contribution is -0.386. The third-order valence-corrected chi connectivity index (χ3v) is 7.45. The number of allylic oxidation sites excluding steroid dienone is 2. The molecular weight excluding hydrogens is 406 g/mol. The van der Waals surface area contributed by atoms with Crippen LogP contribution in [-0.4, -0.2) is 22.5 Å². The summed E-state index contributed by atoms with van der Waals surface area (Å²) in [5.74, 6) is 2.55. The van der Waals surface area contributed by atoms with Crippen molar-refractivity contribution in [2.24, 2.45) is 0 Å². The molecule has 29 heavy (non-hydrogen) atoms. The summed E-state index contributed by atoms with van der Waals surface area (Å²) in [5.41, 5.74) is 1.13. The van der Waals surface area contributed by atoms with Gasteiger partial charge in [0.25, 0.3) is 5.69 Å². The maximum atomic E-state index is 11.6. The maximum Gasteiger partial charge on any atom is 0.283 e. The van der Waals surface area contributed by atoms with Crippen molar-refractivity contribution in [1.29, 1.82) is 0 Å². The Morgan fingerprint density at radius 3 is 2.86 bits per heavy atom. The number of hydrogen-bond acceptors (Lipinski definition) is 6. The molecule has 1 unspecified atom stereocenters. The summed E-state index contributed by atoms with van der Waals surface area (Å²) in [4.78, 5) is 11.2. The Morgan fingerprint density at radius 1 is 1.34 bits per heavy atom. The van der Waals surface area contributed by atoms with Crippen LogP contribution in [-0.2, 0) is 16.1 Å². The Labute approximate surface area is 181 Å². The molecule has 1 atom stereocenters. The van der Waals surface area contributed by atoms with E-state index < -0.39 is 0 Å². The summed E-state index contributed by atoms with van der Waals surface area (Å²) in [6.07, 6.45) is 8.96. The highest BCUT2D eigenvalue weighted by atomic mass is 33.1. The van der Waals surface area contributed by atoms with E-state index in [0.717, 1.165) is 24.5 Å². The van der Waals surface area contributed by atoms with Gasteiger partial charge in [-0.2, -0.15) is 0 Å². The topological polar surface area (TPSA) is 61.6 Å². The van der Waals surface area contributed by atoms with Crippen LogP contribution in [0.5, 0.6) is 0 Å². The van der Waals surface area contributed by atoms with Crippen molar-refractivity contribution in [3.05, 3.63) is 70.2 Å². The third-order valence-electron chi connectivity index (χ3n) is 4.45. The minimum absolute atomic E-state index is 0.0580. The highest BCUT2D eigenvalue weighted by molar-refractivity contribution is 8.77. The van der Waals surface area contributed by atoms with Gasteiger partial charge in [-0.15, -0.1) is 0 Å². The van der Waals surface area contributed by atoms with Crippen molar-refractivity contribution in [3.8, 4) is 0 Å². The second-order valence-electron chi connectivity index (χ2n) is 6.93. The molecule has 5 nitrogen and oxygen atoms in total. The van der Waals surface area contributed by atoms with Crippen LogP contribution in [0, 0.1) is 10.1 Å². The summed E-state index contributed by atoms with van der Waals surface area (Å²) in [7, 11) is 3.97. The van der Waals surface area contributed by atoms with Crippen molar-refractivity contribution in [1.82, 2.24) is 0 Å². The fourth-order valence-corrected chi connectivity index (χ4v) is 5.99. The highest BCUT2D eigenvalue weighted by Gasteiger charge is 2.19. The Bertz CT molecular complexity index is 742. The molecule has 7 heteroatoms. The quantitative estimate of drug-likeness (QED) is 0.110. The number of nitrogens with zero attached hydrogens (tertiary/aromatic N) is 1. The molecule has 0 aliphatic carbocycles. The van der Waals surface area contributed by atoms with Gasteiger partial charge in [-0.3, -0.25) is 10.1 Å². The first-order valence-electron chi connectivity index (χ1n) is 9.77. The summed E-state index contributed by atoms with van der Waals surface area (Å²) in [6, 6.07) is 5.24. The first-order valence-corrected chi connectivity index (χ1v) is 12.2. The van der Waals surface area contributed by atoms with E-state index in [1.165, 1.54) is 18.6 Å². The molecule has 0 bridgehead atoms. The molecule has 1 heterocycles. The standard InChI is InChI=1S/C22H29NO4S2/c1-17(2)26-14-7-11-19-9-6-10-20(22(19)23(24)25)16-27-18(3)8-4-5-12-21-13-15-28-29-21/h6-7,9-11,21H,1,3-5,8,12-16H2,2H3/b11-7+. The van der Waals surface area contributed by atoms with Crippen LogP contribution in [0.15, 0.2) is 49.0 Å². The van der Waals surface area contributed by atoms with Crippen molar-refractivity contribution in [2.75, 3.05) is 12.4 Å². The van der Waals surface area contributed by atoms with E-state index in [-0.39, 0.29) is 17.2 Å². The monoisotopic (exact) mass is 435 g/mol. The van der Waals surface area contributed by atoms with E-state index in [9.17, 15) is 10.1 Å². The van der Waals surface area contributed by atoms with Gasteiger partial charge in [0.15, 0.2) is 0 Å². The molecule has 1 aliphatic heterocycles. The molecule has 1 saturated heterocycles. The number of rotatable bonds is 13. The zero-order valence-electron chi connectivity index (χ0n) is 16.9. The molecule has 0 amide bonds. The number of nitro groups is 1. The van der Waals surface area contributed by atoms with E-state index in [1.807, 2.05) is 21.6 Å². The molecule has 0 spiro atoms. The third kappa shape index (κ3) is 8.58. The number of nitro benzene ring substituents is 1. The smallest absolute Gasteiger partial charge is 0.283 e. The van der Waals surface area contributed by atoms with Gasteiger partial charge >= 0.3 is 0 Å². The predicted molar refractivity (Wildman–Crippen MR) is 124 cm³/mol. The maximum absolute atomic E-state index is 11.6. The van der Waals surface area contributed by atoms with E-state index >= 15 is 0 Å². The van der Waals surface area contributed by atoms with Crippen LogP contribution in [0.4, 0.5) is 5.69 Å². The normalized spacial score (nSPS) is 16.1. The van der Waals surface area contributed by atoms with Gasteiger partial charge in [0.05, 0.1) is 27.6 Å². The first-order chi connectivity index (χ1) is 14.0. The molecule has 0 radical (unpaired) electrons. The molecule has 0 saturated carbocycles. The van der Waals surface area contributed by atoms with E-state index in [1.54, 1.807) is 37.3 Å². The van der Waals surface area contributed by atoms with Gasteiger partial charge in [0.2, 0.25) is 0 Å². The van der Waals surface area contributed by atoms with Gasteiger partial charge < -0.3 is 9.47 Å². The molecule has 0 aromatic heterocycles. The van der Waals surface area contributed by atoms with Crippen LogP contribution in [0.2, 0.25) is 0 Å². The van der Waals surface area contributed by atoms with Crippen molar-refractivity contribution < 1.29 is 14.4 Å². The van der Waals surface area contributed by atoms with E-state index in [4.69, 9.17) is 9.47 Å². The zero-order chi connectivity index (χ0) is 21.1. The molecule has 1 aliphatic rings. The van der Waals surface area contributed by atoms with Crippen molar-refractivity contribution in [2.45, 2.75) is 50.9 Å². The second-order valence-corrected chi connectivity index (χ2v) is 9.72. The first kappa shape index (κ1) is 23.4. The molecule has 2 rings (SSSR count). The highest BCUT2D eigenvalue weighted by Crippen LogP contribution is 2.40. The number of hydrogen-bond donors (Lipinski definition) is 0. The molecule has 0 N–H and O–H groups in total. The lowest BCUT2D eigenvalue weighted by Gasteiger charge is -2.11. The Balaban J connectivity index is 1.85. The van der Waals surface area contributed by atoms with Crippen molar-refractivity contribution in [3.63, 3.8) is 0 Å². The minimum Gasteiger partial charge on any atom is -0.495 e. The van der Waals surface area contributed by atoms with E-state index in [0.29, 0.717) is 29.3 Å². The van der Waals surface area contributed by atoms with Gasteiger partial charge in [-0.05, 0) is 50.5 Å². The van der Waals surface area contributed by atoms with Gasteiger partial charge in [0, 0.05) is 17.4 Å². The number of benzene rings is 1. The van der Waals surface area contributed by atoms with Crippen LogP contribution in [0.3, 0.4) is 0 Å². The van der Waals surface area contributed by atoms with Gasteiger partial charge in [-0.1, -0.05) is 47.2 Å². The Hall–Kier alpha value is -1.86. The summed E-state index contributed by atoms with van der Waals surface area (Å²) >= 11 is 0. The largest absolute Gasteiger partial charge is 0.495 e.